The van der Waals surface area contributed by atoms with Crippen molar-refractivity contribution in [1.82, 2.24) is 0 Å². The number of carbonyl (C=O) groups excluding carboxylic acids is 2. The number of nitrogens with zero attached hydrogens (tertiary/aromatic N) is 1. The molecular formula is C12H13NO2. The Morgan fingerprint density at radius 3 is 2.27 bits per heavy atom. The van der Waals surface area contributed by atoms with Gasteiger partial charge < -0.3 is 0 Å². The molecule has 1 aromatic carbocycles. The number of para-hydroxylation sites is 1. The number of imide groups is 1. The molecule has 1 aromatic rings. The Morgan fingerprint density at radius 2 is 1.80 bits per heavy atom. The van der Waals surface area contributed by atoms with Gasteiger partial charge in [-0.2, -0.15) is 0 Å². The van der Waals surface area contributed by atoms with Gasteiger partial charge in [0.15, 0.2) is 0 Å². The molecule has 0 bridgehead atoms. The molecule has 1 fully saturated rings. The van der Waals surface area contributed by atoms with E-state index in [-0.39, 0.29) is 17.7 Å². The summed E-state index contributed by atoms with van der Waals surface area (Å²) in [5.41, 5.74) is 0.668. The fourth-order valence-electron chi connectivity index (χ4n) is 1.55. The van der Waals surface area contributed by atoms with E-state index in [2.05, 4.69) is 0 Å². The Kier molecular flexibility index (Phi) is 2.54. The van der Waals surface area contributed by atoms with E-state index in [9.17, 15) is 9.59 Å². The minimum Gasteiger partial charge on any atom is -0.274 e. The Bertz CT molecular complexity index is 382. The first-order valence-corrected chi connectivity index (χ1v) is 5.09. The van der Waals surface area contributed by atoms with Crippen LogP contribution in [-0.4, -0.2) is 11.8 Å². The van der Waals surface area contributed by atoms with E-state index in [0.717, 1.165) is 12.8 Å². The van der Waals surface area contributed by atoms with Crippen LogP contribution in [0.1, 0.15) is 19.8 Å². The number of rotatable bonds is 2. The second kappa shape index (κ2) is 3.85. The number of carbonyl (C=O) groups is 2. The maximum atomic E-state index is 11.9. The first-order valence-electron chi connectivity index (χ1n) is 5.09. The van der Waals surface area contributed by atoms with Gasteiger partial charge in [-0.05, 0) is 25.0 Å². The van der Waals surface area contributed by atoms with Gasteiger partial charge in [0, 0.05) is 12.8 Å². The normalized spacial score (nSPS) is 14.7. The van der Waals surface area contributed by atoms with Crippen molar-refractivity contribution < 1.29 is 9.59 Å². The highest BCUT2D eigenvalue weighted by atomic mass is 16.2. The van der Waals surface area contributed by atoms with Crippen molar-refractivity contribution in [3.8, 4) is 0 Å². The minimum atomic E-state index is -0.210. The summed E-state index contributed by atoms with van der Waals surface area (Å²) in [6, 6.07) is 9.07. The van der Waals surface area contributed by atoms with E-state index in [1.807, 2.05) is 18.2 Å². The second-order valence-electron chi connectivity index (χ2n) is 3.80. The SMILES string of the molecule is CC(=O)N(C(=O)C1CC1)c1ccccc1. The van der Waals surface area contributed by atoms with Crippen molar-refractivity contribution in [3.63, 3.8) is 0 Å². The van der Waals surface area contributed by atoms with Gasteiger partial charge in [0.2, 0.25) is 11.8 Å². The molecule has 0 spiro atoms. The van der Waals surface area contributed by atoms with Crippen LogP contribution in [0.25, 0.3) is 0 Å². The highest BCUT2D eigenvalue weighted by molar-refractivity contribution is 6.15. The van der Waals surface area contributed by atoms with Gasteiger partial charge in [0.1, 0.15) is 0 Å². The topological polar surface area (TPSA) is 37.4 Å². The van der Waals surface area contributed by atoms with E-state index in [4.69, 9.17) is 0 Å². The van der Waals surface area contributed by atoms with Crippen LogP contribution in [-0.2, 0) is 9.59 Å². The fourth-order valence-corrected chi connectivity index (χ4v) is 1.55. The van der Waals surface area contributed by atoms with Gasteiger partial charge >= 0.3 is 0 Å². The standard InChI is InChI=1S/C12H13NO2/c1-9(14)13(12(15)10-7-8-10)11-5-3-2-4-6-11/h2-6,10H,7-8H2,1H3. The molecule has 15 heavy (non-hydrogen) atoms. The Hall–Kier alpha value is -1.64. The lowest BCUT2D eigenvalue weighted by Crippen LogP contribution is -2.36. The molecule has 3 heteroatoms. The third kappa shape index (κ3) is 2.06. The average Bonchev–Trinajstić information content (AvgIpc) is 3.02. The molecule has 1 aliphatic rings. The van der Waals surface area contributed by atoms with Gasteiger partial charge in [-0.1, -0.05) is 18.2 Å². The molecule has 0 aliphatic heterocycles. The zero-order valence-corrected chi connectivity index (χ0v) is 8.64. The molecule has 1 saturated carbocycles. The molecule has 0 aromatic heterocycles. The van der Waals surface area contributed by atoms with Crippen molar-refractivity contribution in [2.45, 2.75) is 19.8 Å². The van der Waals surface area contributed by atoms with Crippen molar-refractivity contribution >= 4 is 17.5 Å². The Morgan fingerprint density at radius 1 is 1.20 bits per heavy atom. The quantitative estimate of drug-likeness (QED) is 0.737. The maximum Gasteiger partial charge on any atom is 0.236 e. The zero-order chi connectivity index (χ0) is 10.8. The van der Waals surface area contributed by atoms with Crippen LogP contribution in [0.15, 0.2) is 30.3 Å². The fraction of sp³-hybridized carbons (Fsp3) is 0.333. The van der Waals surface area contributed by atoms with Gasteiger partial charge in [-0.3, -0.25) is 14.5 Å². The molecule has 0 saturated heterocycles. The summed E-state index contributed by atoms with van der Waals surface area (Å²) >= 11 is 0. The summed E-state index contributed by atoms with van der Waals surface area (Å²) in [4.78, 5) is 24.6. The number of amides is 2. The molecule has 0 atom stereocenters. The molecule has 2 amide bonds. The smallest absolute Gasteiger partial charge is 0.236 e. The van der Waals surface area contributed by atoms with Crippen molar-refractivity contribution in [3.05, 3.63) is 30.3 Å². The first kappa shape index (κ1) is 9.90. The van der Waals surface area contributed by atoms with Crippen LogP contribution in [0, 0.1) is 5.92 Å². The molecule has 3 nitrogen and oxygen atoms in total. The van der Waals surface area contributed by atoms with E-state index in [0.29, 0.717) is 5.69 Å². The summed E-state index contributed by atoms with van der Waals surface area (Å²) in [5, 5.41) is 0. The highest BCUT2D eigenvalue weighted by Gasteiger charge is 2.35. The van der Waals surface area contributed by atoms with Crippen LogP contribution in [0.3, 0.4) is 0 Å². The predicted molar refractivity (Wildman–Crippen MR) is 57.3 cm³/mol. The third-order valence-electron chi connectivity index (χ3n) is 2.48. The minimum absolute atomic E-state index is 0.0614. The molecule has 0 heterocycles. The summed E-state index contributed by atoms with van der Waals surface area (Å²) in [6.07, 6.45) is 1.82. The van der Waals surface area contributed by atoms with E-state index in [1.54, 1.807) is 12.1 Å². The third-order valence-corrected chi connectivity index (χ3v) is 2.48. The Balaban J connectivity index is 2.27. The van der Waals surface area contributed by atoms with Crippen LogP contribution in [0.5, 0.6) is 0 Å². The lowest BCUT2D eigenvalue weighted by atomic mass is 10.2. The van der Waals surface area contributed by atoms with Crippen LogP contribution >= 0.6 is 0 Å². The number of hydrogen-bond donors (Lipinski definition) is 0. The molecule has 0 N–H and O–H groups in total. The monoisotopic (exact) mass is 203 g/mol. The summed E-state index contributed by atoms with van der Waals surface area (Å²) < 4.78 is 0. The molecular weight excluding hydrogens is 190 g/mol. The molecule has 1 aliphatic carbocycles. The highest BCUT2D eigenvalue weighted by Crippen LogP contribution is 2.32. The molecule has 0 radical (unpaired) electrons. The number of benzene rings is 1. The molecule has 0 unspecified atom stereocenters. The van der Waals surface area contributed by atoms with E-state index >= 15 is 0 Å². The van der Waals surface area contributed by atoms with Crippen molar-refractivity contribution in [2.75, 3.05) is 4.90 Å². The summed E-state index contributed by atoms with van der Waals surface area (Å²) in [7, 11) is 0. The number of hydrogen-bond acceptors (Lipinski definition) is 2. The first-order chi connectivity index (χ1) is 7.20. The van der Waals surface area contributed by atoms with Crippen molar-refractivity contribution in [2.24, 2.45) is 5.92 Å². The van der Waals surface area contributed by atoms with Crippen LogP contribution < -0.4 is 4.90 Å². The van der Waals surface area contributed by atoms with Gasteiger partial charge in [-0.15, -0.1) is 0 Å². The maximum absolute atomic E-state index is 11.9. The lowest BCUT2D eigenvalue weighted by Gasteiger charge is -2.18. The molecule has 2 rings (SSSR count). The number of anilines is 1. The molecule has 78 valence electrons. The van der Waals surface area contributed by atoms with Gasteiger partial charge in [-0.25, -0.2) is 0 Å². The van der Waals surface area contributed by atoms with Crippen molar-refractivity contribution in [1.29, 1.82) is 0 Å². The lowest BCUT2D eigenvalue weighted by molar-refractivity contribution is -0.126. The predicted octanol–water partition coefficient (Wildman–Crippen LogP) is 1.98. The Labute approximate surface area is 88.7 Å². The van der Waals surface area contributed by atoms with Crippen LogP contribution in [0.2, 0.25) is 0 Å². The van der Waals surface area contributed by atoms with Gasteiger partial charge in [0.05, 0.1) is 5.69 Å². The summed E-state index contributed by atoms with van der Waals surface area (Å²) in [5.74, 6) is -0.207. The van der Waals surface area contributed by atoms with Crippen LogP contribution in [0.4, 0.5) is 5.69 Å². The average molecular weight is 203 g/mol. The van der Waals surface area contributed by atoms with E-state index < -0.39 is 0 Å². The van der Waals surface area contributed by atoms with E-state index in [1.165, 1.54) is 11.8 Å². The second-order valence-corrected chi connectivity index (χ2v) is 3.80. The largest absolute Gasteiger partial charge is 0.274 e. The summed E-state index contributed by atoms with van der Waals surface area (Å²) in [6.45, 7) is 1.42. The zero-order valence-electron chi connectivity index (χ0n) is 8.64. The van der Waals surface area contributed by atoms with Gasteiger partial charge in [0.25, 0.3) is 0 Å².